The maximum absolute atomic E-state index is 11.2. The van der Waals surface area contributed by atoms with Gasteiger partial charge < -0.3 is 15.3 Å². The van der Waals surface area contributed by atoms with E-state index in [-0.39, 0.29) is 17.4 Å². The highest BCUT2D eigenvalue weighted by Gasteiger charge is 2.59. The molecule has 0 aromatic rings. The summed E-state index contributed by atoms with van der Waals surface area (Å²) < 4.78 is 0. The summed E-state index contributed by atoms with van der Waals surface area (Å²) in [4.78, 5) is 12.5. The van der Waals surface area contributed by atoms with Crippen LogP contribution in [-0.4, -0.2) is 48.7 Å². The van der Waals surface area contributed by atoms with Crippen molar-refractivity contribution in [2.45, 2.75) is 57.1 Å². The third kappa shape index (κ3) is 2.92. The van der Waals surface area contributed by atoms with Gasteiger partial charge in [-0.3, -0.25) is 4.79 Å². The molecule has 4 nitrogen and oxygen atoms in total. The molecule has 3 heterocycles. The summed E-state index contributed by atoms with van der Waals surface area (Å²) in [5.74, 6) is 0.260. The third-order valence-corrected chi connectivity index (χ3v) is 4.73. The second kappa shape index (κ2) is 6.13. The number of carbonyl (C=O) groups excluding carboxylic acids is 1. The molecule has 0 aromatic heterocycles. The van der Waals surface area contributed by atoms with Gasteiger partial charge >= 0.3 is 0 Å². The highest BCUT2D eigenvalue weighted by Crippen LogP contribution is 2.25. The molecule has 104 valence electrons. The highest BCUT2D eigenvalue weighted by molar-refractivity contribution is 5.85. The van der Waals surface area contributed by atoms with Crippen molar-refractivity contribution in [3.8, 4) is 0 Å². The van der Waals surface area contributed by atoms with Crippen LogP contribution in [0, 0.1) is 0 Å². The number of hydrogen-bond donors (Lipinski definition) is 3. The molecule has 0 aliphatic carbocycles. The molecule has 3 fully saturated rings. The van der Waals surface area contributed by atoms with Gasteiger partial charge in [0.1, 0.15) is 12.6 Å². The number of ketones is 1. The monoisotopic (exact) mass is 255 g/mol. The van der Waals surface area contributed by atoms with Crippen molar-refractivity contribution >= 4 is 5.78 Å². The Balaban J connectivity index is 0.000000149. The first-order chi connectivity index (χ1) is 8.65. The van der Waals surface area contributed by atoms with E-state index in [1.807, 2.05) is 0 Å². The lowest BCUT2D eigenvalue weighted by Gasteiger charge is -2.41. The zero-order valence-corrected chi connectivity index (χ0v) is 11.5. The molecule has 4 heteroatoms. The summed E-state index contributed by atoms with van der Waals surface area (Å²) in [5.41, 5.74) is -0.167. The predicted molar refractivity (Wildman–Crippen MR) is 70.7 cm³/mol. The molecule has 0 saturated carbocycles. The lowest BCUT2D eigenvalue weighted by Crippen LogP contribution is -3.25. The predicted octanol–water partition coefficient (Wildman–Crippen LogP) is -0.483. The summed E-state index contributed by atoms with van der Waals surface area (Å²) in [7, 11) is 0. The summed E-state index contributed by atoms with van der Waals surface area (Å²) in [6.45, 7) is 5.99. The van der Waals surface area contributed by atoms with E-state index < -0.39 is 0 Å². The number of hydrogen-bond acceptors (Lipinski definition) is 3. The van der Waals surface area contributed by atoms with Crippen LogP contribution in [0.2, 0.25) is 0 Å². The molecule has 3 saturated heterocycles. The third-order valence-electron chi connectivity index (χ3n) is 4.73. The first kappa shape index (κ1) is 14.0. The molecule has 3 rings (SSSR count). The maximum Gasteiger partial charge on any atom is 0.190 e. The molecular weight excluding hydrogens is 228 g/mol. The van der Waals surface area contributed by atoms with E-state index >= 15 is 0 Å². The van der Waals surface area contributed by atoms with Gasteiger partial charge in [0.25, 0.3) is 0 Å². The van der Waals surface area contributed by atoms with Crippen LogP contribution in [0.4, 0.5) is 0 Å². The molecule has 0 aromatic carbocycles. The summed E-state index contributed by atoms with van der Waals surface area (Å²) in [5, 5.41) is 12.7. The van der Waals surface area contributed by atoms with Gasteiger partial charge in [-0.25, -0.2) is 0 Å². The molecule has 3 unspecified atom stereocenters. The van der Waals surface area contributed by atoms with Gasteiger partial charge in [-0.1, -0.05) is 12.8 Å². The van der Waals surface area contributed by atoms with Gasteiger partial charge in [-0.2, -0.15) is 0 Å². The van der Waals surface area contributed by atoms with Crippen LogP contribution >= 0.6 is 0 Å². The Kier molecular flexibility index (Phi) is 4.76. The number of aliphatic hydroxyl groups excluding tert-OH is 1. The maximum atomic E-state index is 11.2. The van der Waals surface area contributed by atoms with Crippen LogP contribution in [-0.2, 0) is 4.79 Å². The first-order valence-electron chi connectivity index (χ1n) is 7.40. The van der Waals surface area contributed by atoms with Crippen molar-refractivity contribution in [2.75, 3.05) is 26.2 Å². The number of Topliss-reactive ketones (excluding diaryl/α,β-unsaturated/α-hetero) is 1. The van der Waals surface area contributed by atoms with Gasteiger partial charge in [0.15, 0.2) is 11.3 Å². The lowest BCUT2D eigenvalue weighted by molar-refractivity contribution is -0.972. The summed E-state index contributed by atoms with van der Waals surface area (Å²) in [6, 6.07) is 0. The molecule has 0 radical (unpaired) electrons. The minimum absolute atomic E-state index is 0.167. The number of carbonyl (C=O) groups is 1. The van der Waals surface area contributed by atoms with Crippen molar-refractivity contribution < 1.29 is 14.8 Å². The van der Waals surface area contributed by atoms with Crippen LogP contribution in [0.5, 0.6) is 0 Å². The number of aliphatic hydroxyl groups is 1. The Hall–Kier alpha value is -0.450. The normalized spacial score (nSPS) is 38.8. The zero-order chi connectivity index (χ0) is 13.0. The van der Waals surface area contributed by atoms with E-state index in [4.69, 9.17) is 0 Å². The Labute approximate surface area is 110 Å². The first-order valence-corrected chi connectivity index (χ1v) is 7.40. The molecule has 3 atom stereocenters. The Morgan fingerprint density at radius 2 is 1.94 bits per heavy atom. The van der Waals surface area contributed by atoms with E-state index in [0.29, 0.717) is 6.42 Å². The number of fused-ring (bicyclic) bond motifs is 1. The summed E-state index contributed by atoms with van der Waals surface area (Å²) in [6.07, 6.45) is 7.09. The number of quaternary nitrogens is 1. The minimum Gasteiger partial charge on any atom is -0.387 e. The molecule has 3 N–H and O–H groups in total. The second-order valence-corrected chi connectivity index (χ2v) is 5.97. The fourth-order valence-electron chi connectivity index (χ4n) is 3.45. The van der Waals surface area contributed by atoms with Gasteiger partial charge in [0, 0.05) is 13.3 Å². The van der Waals surface area contributed by atoms with E-state index in [2.05, 4.69) is 5.32 Å². The largest absolute Gasteiger partial charge is 0.387 e. The van der Waals surface area contributed by atoms with Crippen LogP contribution in [0.1, 0.15) is 45.4 Å². The second-order valence-electron chi connectivity index (χ2n) is 5.97. The van der Waals surface area contributed by atoms with Crippen molar-refractivity contribution in [3.63, 3.8) is 0 Å². The molecule has 3 aliphatic heterocycles. The average molecular weight is 255 g/mol. The molecule has 0 spiro atoms. The SMILES string of the molecule is C1CCCNCC1.CC(=O)C12CC[NH+]1CC(O)C2. The smallest absolute Gasteiger partial charge is 0.190 e. The molecule has 0 bridgehead atoms. The Morgan fingerprint density at radius 3 is 2.33 bits per heavy atom. The van der Waals surface area contributed by atoms with Crippen LogP contribution < -0.4 is 10.2 Å². The highest BCUT2D eigenvalue weighted by atomic mass is 16.3. The lowest BCUT2D eigenvalue weighted by atomic mass is 9.81. The topological polar surface area (TPSA) is 53.8 Å². The minimum atomic E-state index is -0.239. The van der Waals surface area contributed by atoms with Crippen LogP contribution in [0.15, 0.2) is 0 Å². The molecular formula is C14H27N2O2+. The van der Waals surface area contributed by atoms with Gasteiger partial charge in [-0.05, 0) is 25.9 Å². The van der Waals surface area contributed by atoms with E-state index in [1.54, 1.807) is 6.92 Å². The van der Waals surface area contributed by atoms with Gasteiger partial charge in [0.05, 0.1) is 13.0 Å². The van der Waals surface area contributed by atoms with Gasteiger partial charge in [-0.15, -0.1) is 0 Å². The Morgan fingerprint density at radius 1 is 1.28 bits per heavy atom. The van der Waals surface area contributed by atoms with E-state index in [9.17, 15) is 9.90 Å². The van der Waals surface area contributed by atoms with Crippen LogP contribution in [0.25, 0.3) is 0 Å². The van der Waals surface area contributed by atoms with Gasteiger partial charge in [0.2, 0.25) is 0 Å². The van der Waals surface area contributed by atoms with Crippen molar-refractivity contribution in [1.82, 2.24) is 5.32 Å². The molecule has 0 amide bonds. The molecule has 18 heavy (non-hydrogen) atoms. The quantitative estimate of drug-likeness (QED) is 0.593. The van der Waals surface area contributed by atoms with E-state index in [0.717, 1.165) is 19.5 Å². The molecule has 3 aliphatic rings. The fraction of sp³-hybridized carbons (Fsp3) is 0.929. The van der Waals surface area contributed by atoms with Crippen molar-refractivity contribution in [2.24, 2.45) is 0 Å². The van der Waals surface area contributed by atoms with Crippen molar-refractivity contribution in [3.05, 3.63) is 0 Å². The number of rotatable bonds is 1. The van der Waals surface area contributed by atoms with E-state index in [1.165, 1.54) is 43.7 Å². The fourth-order valence-corrected chi connectivity index (χ4v) is 3.45. The average Bonchev–Trinajstić information content (AvgIpc) is 2.59. The van der Waals surface area contributed by atoms with Crippen molar-refractivity contribution in [1.29, 1.82) is 0 Å². The summed E-state index contributed by atoms with van der Waals surface area (Å²) >= 11 is 0. The Bertz CT molecular complexity index is 276. The standard InChI is InChI=1S/C8H13NO2.C6H13N/c1-6(10)8-2-3-9(8)5-7(11)4-8;1-2-4-6-7-5-3-1/h7,11H,2-5H2,1H3;7H,1-6H2/p+1. The zero-order valence-electron chi connectivity index (χ0n) is 11.5. The number of nitrogens with one attached hydrogen (secondary N) is 2. The van der Waals surface area contributed by atoms with Crippen LogP contribution in [0.3, 0.4) is 0 Å².